The molecule has 3 rings (SSSR count). The van der Waals surface area contributed by atoms with Gasteiger partial charge < -0.3 is 14.9 Å². The molecule has 1 aliphatic heterocycles. The summed E-state index contributed by atoms with van der Waals surface area (Å²) in [6.07, 6.45) is 12.8. The third-order valence-electron chi connectivity index (χ3n) is 6.20. The van der Waals surface area contributed by atoms with Crippen LogP contribution in [0.25, 0.3) is 0 Å². The number of fused-ring (bicyclic) bond motifs is 3. The number of aliphatic hydroxyl groups is 2. The number of aliphatic hydroxyl groups excluding tert-OH is 2. The smallest absolute Gasteiger partial charge is 0.126 e. The van der Waals surface area contributed by atoms with Gasteiger partial charge in [-0.15, -0.1) is 0 Å². The van der Waals surface area contributed by atoms with Crippen LogP contribution in [0.1, 0.15) is 82.3 Å². The standard InChI is InChI=1S/C24H36O3/c1-3-5-7-10-17-11-9-13-20-23-19(15-14-18(25)12-8-6-4-2)21(26)16-22(23)27-24(17)20/h9,11,13-15,18-19,21-23,25-26H,3-8,10,12,16H2,1-2H3/t18-,19-,21+,22-,23-/m0/s1. The van der Waals surface area contributed by atoms with E-state index >= 15 is 0 Å². The molecule has 0 aromatic heterocycles. The maximum absolute atomic E-state index is 10.6. The van der Waals surface area contributed by atoms with Crippen LogP contribution >= 0.6 is 0 Å². The van der Waals surface area contributed by atoms with Crippen molar-refractivity contribution >= 4 is 0 Å². The van der Waals surface area contributed by atoms with Gasteiger partial charge in [-0.05, 0) is 24.8 Å². The van der Waals surface area contributed by atoms with Gasteiger partial charge in [-0.3, -0.25) is 0 Å². The molecule has 3 heteroatoms. The highest BCUT2D eigenvalue weighted by molar-refractivity contribution is 5.49. The summed E-state index contributed by atoms with van der Waals surface area (Å²) in [5.74, 6) is 1.31. The predicted molar refractivity (Wildman–Crippen MR) is 110 cm³/mol. The Morgan fingerprint density at radius 2 is 1.93 bits per heavy atom. The summed E-state index contributed by atoms with van der Waals surface area (Å²) < 4.78 is 6.32. The van der Waals surface area contributed by atoms with E-state index in [0.29, 0.717) is 6.42 Å². The molecule has 0 bridgehead atoms. The van der Waals surface area contributed by atoms with E-state index in [1.54, 1.807) is 0 Å². The molecule has 0 radical (unpaired) electrons. The minimum Gasteiger partial charge on any atom is -0.489 e. The second-order valence-corrected chi connectivity index (χ2v) is 8.30. The normalized spacial score (nSPS) is 27.6. The maximum Gasteiger partial charge on any atom is 0.126 e. The van der Waals surface area contributed by atoms with Crippen LogP contribution < -0.4 is 4.74 Å². The second-order valence-electron chi connectivity index (χ2n) is 8.30. The molecule has 1 aromatic rings. The fourth-order valence-electron chi connectivity index (χ4n) is 4.69. The molecule has 0 spiro atoms. The molecule has 1 saturated carbocycles. The Hall–Kier alpha value is -1.32. The van der Waals surface area contributed by atoms with Gasteiger partial charge in [-0.2, -0.15) is 0 Å². The number of hydrogen-bond acceptors (Lipinski definition) is 3. The Morgan fingerprint density at radius 3 is 2.70 bits per heavy atom. The number of aryl methyl sites for hydroxylation is 1. The van der Waals surface area contributed by atoms with Crippen molar-refractivity contribution in [2.24, 2.45) is 5.92 Å². The molecule has 0 unspecified atom stereocenters. The molecular weight excluding hydrogens is 336 g/mol. The Balaban J connectivity index is 1.71. The quantitative estimate of drug-likeness (QED) is 0.441. The minimum absolute atomic E-state index is 0.0305. The zero-order chi connectivity index (χ0) is 19.2. The van der Waals surface area contributed by atoms with Crippen molar-refractivity contribution in [3.8, 4) is 5.75 Å². The van der Waals surface area contributed by atoms with Gasteiger partial charge in [0, 0.05) is 23.8 Å². The fourth-order valence-corrected chi connectivity index (χ4v) is 4.69. The van der Waals surface area contributed by atoms with E-state index in [1.165, 1.54) is 30.4 Å². The van der Waals surface area contributed by atoms with Crippen molar-refractivity contribution in [2.75, 3.05) is 0 Å². The van der Waals surface area contributed by atoms with E-state index in [1.807, 2.05) is 12.2 Å². The number of benzene rings is 1. The first-order valence-electron chi connectivity index (χ1n) is 11.0. The van der Waals surface area contributed by atoms with E-state index in [2.05, 4.69) is 32.0 Å². The van der Waals surface area contributed by atoms with Gasteiger partial charge in [0.05, 0.1) is 12.2 Å². The van der Waals surface area contributed by atoms with Crippen LogP contribution in [-0.4, -0.2) is 28.5 Å². The van der Waals surface area contributed by atoms with Crippen LogP contribution in [0.15, 0.2) is 30.4 Å². The number of para-hydroxylation sites is 1. The molecule has 1 aliphatic carbocycles. The van der Waals surface area contributed by atoms with E-state index < -0.39 is 12.2 Å². The lowest BCUT2D eigenvalue weighted by atomic mass is 9.86. The molecule has 5 atom stereocenters. The van der Waals surface area contributed by atoms with Gasteiger partial charge >= 0.3 is 0 Å². The van der Waals surface area contributed by atoms with E-state index in [4.69, 9.17) is 4.74 Å². The van der Waals surface area contributed by atoms with Crippen molar-refractivity contribution in [3.63, 3.8) is 0 Å². The van der Waals surface area contributed by atoms with Gasteiger partial charge in [0.2, 0.25) is 0 Å². The van der Waals surface area contributed by atoms with Gasteiger partial charge in [-0.25, -0.2) is 0 Å². The van der Waals surface area contributed by atoms with Crippen LogP contribution in [0.4, 0.5) is 0 Å². The summed E-state index contributed by atoms with van der Waals surface area (Å²) in [7, 11) is 0. The van der Waals surface area contributed by atoms with E-state index in [-0.39, 0.29) is 17.9 Å². The Kier molecular flexibility index (Phi) is 7.37. The molecular formula is C24H36O3. The number of hydrogen-bond donors (Lipinski definition) is 2. The average molecular weight is 373 g/mol. The highest BCUT2D eigenvalue weighted by Crippen LogP contribution is 2.52. The topological polar surface area (TPSA) is 49.7 Å². The molecule has 1 aromatic carbocycles. The third kappa shape index (κ3) is 4.75. The fraction of sp³-hybridized carbons (Fsp3) is 0.667. The van der Waals surface area contributed by atoms with Gasteiger partial charge in [0.1, 0.15) is 11.9 Å². The SMILES string of the molecule is CCCCCc1cccc2c1O[C@H]1C[C@@H](O)[C@H](C=C[C@@H](O)CCCCC)[C@@H]21. The molecule has 2 aliphatic rings. The molecule has 150 valence electrons. The minimum atomic E-state index is -0.412. The molecule has 1 fully saturated rings. The van der Waals surface area contributed by atoms with Gasteiger partial charge in [-0.1, -0.05) is 76.3 Å². The maximum atomic E-state index is 10.6. The lowest BCUT2D eigenvalue weighted by molar-refractivity contribution is 0.135. The first-order chi connectivity index (χ1) is 13.2. The van der Waals surface area contributed by atoms with Crippen LogP contribution in [0.3, 0.4) is 0 Å². The lowest BCUT2D eigenvalue weighted by Crippen LogP contribution is -2.17. The summed E-state index contributed by atoms with van der Waals surface area (Å²) in [5, 5.41) is 20.8. The largest absolute Gasteiger partial charge is 0.489 e. The molecule has 0 amide bonds. The first-order valence-corrected chi connectivity index (χ1v) is 11.0. The van der Waals surface area contributed by atoms with Crippen molar-refractivity contribution in [1.82, 2.24) is 0 Å². The molecule has 1 heterocycles. The van der Waals surface area contributed by atoms with E-state index in [0.717, 1.165) is 37.9 Å². The van der Waals surface area contributed by atoms with Crippen LogP contribution in [0.2, 0.25) is 0 Å². The molecule has 2 N–H and O–H groups in total. The Bertz CT molecular complexity index is 624. The highest BCUT2D eigenvalue weighted by Gasteiger charge is 2.48. The monoisotopic (exact) mass is 372 g/mol. The Labute approximate surface area is 164 Å². The van der Waals surface area contributed by atoms with Crippen LogP contribution in [-0.2, 0) is 6.42 Å². The first kappa shape index (κ1) is 20.4. The zero-order valence-electron chi connectivity index (χ0n) is 16.9. The molecule has 0 saturated heterocycles. The number of rotatable bonds is 10. The zero-order valence-corrected chi connectivity index (χ0v) is 16.9. The van der Waals surface area contributed by atoms with Crippen molar-refractivity contribution in [3.05, 3.63) is 41.5 Å². The van der Waals surface area contributed by atoms with Crippen LogP contribution in [0, 0.1) is 5.92 Å². The Morgan fingerprint density at radius 1 is 1.15 bits per heavy atom. The summed E-state index contributed by atoms with van der Waals surface area (Å²) in [4.78, 5) is 0. The number of ether oxygens (including phenoxy) is 1. The summed E-state index contributed by atoms with van der Waals surface area (Å²) >= 11 is 0. The van der Waals surface area contributed by atoms with Crippen molar-refractivity contribution in [2.45, 2.75) is 95.9 Å². The van der Waals surface area contributed by atoms with E-state index in [9.17, 15) is 10.2 Å². The molecule has 27 heavy (non-hydrogen) atoms. The van der Waals surface area contributed by atoms with Gasteiger partial charge in [0.15, 0.2) is 0 Å². The van der Waals surface area contributed by atoms with Crippen molar-refractivity contribution < 1.29 is 14.9 Å². The molecule has 3 nitrogen and oxygen atoms in total. The summed E-state index contributed by atoms with van der Waals surface area (Å²) in [6, 6.07) is 6.49. The van der Waals surface area contributed by atoms with Gasteiger partial charge in [0.25, 0.3) is 0 Å². The number of unbranched alkanes of at least 4 members (excludes halogenated alkanes) is 4. The average Bonchev–Trinajstić information content (AvgIpc) is 3.16. The lowest BCUT2D eigenvalue weighted by Gasteiger charge is -2.18. The third-order valence-corrected chi connectivity index (χ3v) is 6.20. The highest BCUT2D eigenvalue weighted by atomic mass is 16.5. The van der Waals surface area contributed by atoms with Crippen molar-refractivity contribution in [1.29, 1.82) is 0 Å². The van der Waals surface area contributed by atoms with Crippen LogP contribution in [0.5, 0.6) is 5.75 Å². The predicted octanol–water partition coefficient (Wildman–Crippen LogP) is 5.14. The summed E-state index contributed by atoms with van der Waals surface area (Å²) in [5.41, 5.74) is 2.56. The summed E-state index contributed by atoms with van der Waals surface area (Å²) in [6.45, 7) is 4.40. The second kappa shape index (κ2) is 9.75.